The topological polar surface area (TPSA) is 61.8 Å². The standard InChI is InChI=1S/C13H18BrN3OS/c1-2-9-8-17(6-7-19-9)11-5-3-4-10(14)12(11)13(15)16-18/h3-5,9,18H,2,6-8H2,1H3,(H2,15,16). The third-order valence-electron chi connectivity index (χ3n) is 3.29. The Kier molecular flexibility index (Phi) is 4.99. The molecule has 2 rings (SSSR count). The maximum atomic E-state index is 8.95. The van der Waals surface area contributed by atoms with Crippen LogP contribution in [0.2, 0.25) is 0 Å². The zero-order valence-corrected chi connectivity index (χ0v) is 13.2. The van der Waals surface area contributed by atoms with Gasteiger partial charge in [0.25, 0.3) is 0 Å². The van der Waals surface area contributed by atoms with Crippen LogP contribution in [0.4, 0.5) is 5.69 Å². The van der Waals surface area contributed by atoms with E-state index < -0.39 is 0 Å². The number of anilines is 1. The lowest BCUT2D eigenvalue weighted by Gasteiger charge is -2.35. The molecule has 0 saturated carbocycles. The highest BCUT2D eigenvalue weighted by atomic mass is 79.9. The molecular formula is C13H18BrN3OS. The Morgan fingerprint density at radius 2 is 2.42 bits per heavy atom. The lowest BCUT2D eigenvalue weighted by Crippen LogP contribution is -2.38. The molecule has 1 aliphatic heterocycles. The van der Waals surface area contributed by atoms with Crippen molar-refractivity contribution in [3.05, 3.63) is 28.2 Å². The van der Waals surface area contributed by atoms with Crippen molar-refractivity contribution in [1.82, 2.24) is 0 Å². The molecule has 0 aromatic heterocycles. The number of halogens is 1. The average Bonchev–Trinajstić information content (AvgIpc) is 2.46. The first-order valence-corrected chi connectivity index (χ1v) is 8.14. The number of rotatable bonds is 3. The van der Waals surface area contributed by atoms with E-state index in [2.05, 4.69) is 32.9 Å². The van der Waals surface area contributed by atoms with Gasteiger partial charge in [0, 0.05) is 34.3 Å². The fraction of sp³-hybridized carbons (Fsp3) is 0.462. The Morgan fingerprint density at radius 1 is 1.63 bits per heavy atom. The van der Waals surface area contributed by atoms with Gasteiger partial charge in [0.1, 0.15) is 0 Å². The molecule has 104 valence electrons. The zero-order valence-electron chi connectivity index (χ0n) is 10.8. The van der Waals surface area contributed by atoms with Crippen LogP contribution >= 0.6 is 27.7 Å². The largest absolute Gasteiger partial charge is 0.409 e. The van der Waals surface area contributed by atoms with Gasteiger partial charge in [-0.25, -0.2) is 0 Å². The molecule has 0 aliphatic carbocycles. The van der Waals surface area contributed by atoms with Crippen molar-refractivity contribution in [1.29, 1.82) is 0 Å². The smallest absolute Gasteiger partial charge is 0.173 e. The van der Waals surface area contributed by atoms with Gasteiger partial charge in [-0.3, -0.25) is 0 Å². The van der Waals surface area contributed by atoms with Gasteiger partial charge in [0.15, 0.2) is 5.84 Å². The number of benzene rings is 1. The Morgan fingerprint density at radius 3 is 3.11 bits per heavy atom. The number of amidine groups is 1. The molecule has 1 aromatic rings. The first-order valence-electron chi connectivity index (χ1n) is 6.30. The van der Waals surface area contributed by atoms with Crippen LogP contribution < -0.4 is 10.6 Å². The minimum Gasteiger partial charge on any atom is -0.409 e. The van der Waals surface area contributed by atoms with Crippen molar-refractivity contribution in [2.75, 3.05) is 23.7 Å². The minimum absolute atomic E-state index is 0.147. The highest BCUT2D eigenvalue weighted by molar-refractivity contribution is 9.10. The number of nitrogens with zero attached hydrogens (tertiary/aromatic N) is 2. The molecule has 0 radical (unpaired) electrons. The van der Waals surface area contributed by atoms with E-state index >= 15 is 0 Å². The van der Waals surface area contributed by atoms with Crippen molar-refractivity contribution < 1.29 is 5.21 Å². The van der Waals surface area contributed by atoms with E-state index in [-0.39, 0.29) is 5.84 Å². The molecule has 0 spiro atoms. The van der Waals surface area contributed by atoms with E-state index in [1.807, 2.05) is 30.0 Å². The van der Waals surface area contributed by atoms with Crippen LogP contribution in [0.15, 0.2) is 27.8 Å². The lowest BCUT2D eigenvalue weighted by molar-refractivity contribution is 0.318. The summed E-state index contributed by atoms with van der Waals surface area (Å²) in [4.78, 5) is 2.32. The fourth-order valence-corrected chi connectivity index (χ4v) is 4.00. The van der Waals surface area contributed by atoms with E-state index in [9.17, 15) is 0 Å². The molecule has 1 fully saturated rings. The summed E-state index contributed by atoms with van der Waals surface area (Å²) in [6.45, 7) is 4.21. The zero-order chi connectivity index (χ0) is 13.8. The second-order valence-corrected chi connectivity index (χ2v) is 6.73. The van der Waals surface area contributed by atoms with Crippen LogP contribution in [0.5, 0.6) is 0 Å². The maximum Gasteiger partial charge on any atom is 0.173 e. The number of nitrogens with two attached hydrogens (primary N) is 1. The summed E-state index contributed by atoms with van der Waals surface area (Å²) < 4.78 is 0.853. The predicted molar refractivity (Wildman–Crippen MR) is 85.4 cm³/mol. The SMILES string of the molecule is CCC1CN(c2cccc(Br)c2/C(N)=N/O)CCS1. The van der Waals surface area contributed by atoms with Gasteiger partial charge in [-0.05, 0) is 34.5 Å². The lowest BCUT2D eigenvalue weighted by atomic mass is 10.1. The average molecular weight is 344 g/mol. The highest BCUT2D eigenvalue weighted by Gasteiger charge is 2.23. The van der Waals surface area contributed by atoms with Crippen LogP contribution in [0, 0.1) is 0 Å². The molecule has 1 aromatic carbocycles. The molecule has 1 unspecified atom stereocenters. The second-order valence-electron chi connectivity index (χ2n) is 4.47. The Labute approximate surface area is 126 Å². The number of hydrogen-bond donors (Lipinski definition) is 2. The summed E-state index contributed by atoms with van der Waals surface area (Å²) in [6.07, 6.45) is 1.16. The second kappa shape index (κ2) is 6.52. The number of thioether (sulfide) groups is 1. The molecule has 1 saturated heterocycles. The van der Waals surface area contributed by atoms with Crippen LogP contribution in [0.3, 0.4) is 0 Å². The van der Waals surface area contributed by atoms with E-state index in [1.54, 1.807) is 0 Å². The van der Waals surface area contributed by atoms with Gasteiger partial charge in [0.05, 0.1) is 5.56 Å². The van der Waals surface area contributed by atoms with Gasteiger partial charge >= 0.3 is 0 Å². The van der Waals surface area contributed by atoms with Gasteiger partial charge in [-0.15, -0.1) is 0 Å². The van der Waals surface area contributed by atoms with Crippen molar-refractivity contribution >= 4 is 39.2 Å². The van der Waals surface area contributed by atoms with E-state index in [1.165, 1.54) is 0 Å². The van der Waals surface area contributed by atoms with Crippen LogP contribution in [0.25, 0.3) is 0 Å². The maximum absolute atomic E-state index is 8.95. The van der Waals surface area contributed by atoms with Crippen molar-refractivity contribution in [2.45, 2.75) is 18.6 Å². The Bertz CT molecular complexity index is 481. The molecule has 1 heterocycles. The molecule has 19 heavy (non-hydrogen) atoms. The number of hydrogen-bond acceptors (Lipinski definition) is 4. The predicted octanol–water partition coefficient (Wildman–Crippen LogP) is 2.88. The third kappa shape index (κ3) is 3.17. The minimum atomic E-state index is 0.147. The first kappa shape index (κ1) is 14.5. The highest BCUT2D eigenvalue weighted by Crippen LogP contribution is 2.31. The molecule has 1 aliphatic rings. The fourth-order valence-electron chi connectivity index (χ4n) is 2.26. The van der Waals surface area contributed by atoms with Crippen molar-refractivity contribution in [3.63, 3.8) is 0 Å². The third-order valence-corrected chi connectivity index (χ3v) is 5.32. The van der Waals surface area contributed by atoms with Gasteiger partial charge < -0.3 is 15.8 Å². The molecule has 1 atom stereocenters. The van der Waals surface area contributed by atoms with Crippen LogP contribution in [-0.4, -0.2) is 35.1 Å². The normalized spacial score (nSPS) is 20.6. The van der Waals surface area contributed by atoms with E-state index in [0.29, 0.717) is 5.25 Å². The molecule has 0 bridgehead atoms. The summed E-state index contributed by atoms with van der Waals surface area (Å²) in [6, 6.07) is 5.92. The van der Waals surface area contributed by atoms with Crippen LogP contribution in [0.1, 0.15) is 18.9 Å². The Balaban J connectivity index is 2.36. The molecule has 3 N–H and O–H groups in total. The van der Waals surface area contributed by atoms with Crippen molar-refractivity contribution in [3.8, 4) is 0 Å². The van der Waals surface area contributed by atoms with Gasteiger partial charge in [-0.1, -0.05) is 18.1 Å². The molecular weight excluding hydrogens is 326 g/mol. The van der Waals surface area contributed by atoms with Crippen LogP contribution in [-0.2, 0) is 0 Å². The molecule has 4 nitrogen and oxygen atoms in total. The number of oxime groups is 1. The summed E-state index contributed by atoms with van der Waals surface area (Å²) >= 11 is 5.51. The van der Waals surface area contributed by atoms with Crippen molar-refractivity contribution in [2.24, 2.45) is 10.9 Å². The van der Waals surface area contributed by atoms with E-state index in [0.717, 1.165) is 41.0 Å². The summed E-state index contributed by atoms with van der Waals surface area (Å²) in [7, 11) is 0. The van der Waals surface area contributed by atoms with Gasteiger partial charge in [-0.2, -0.15) is 11.8 Å². The van der Waals surface area contributed by atoms with Gasteiger partial charge in [0.2, 0.25) is 0 Å². The van der Waals surface area contributed by atoms with E-state index in [4.69, 9.17) is 10.9 Å². The quantitative estimate of drug-likeness (QED) is 0.383. The molecule has 6 heteroatoms. The summed E-state index contributed by atoms with van der Waals surface area (Å²) in [5, 5.41) is 12.7. The Hall–Kier alpha value is -0.880. The first-order chi connectivity index (χ1) is 9.17. The summed E-state index contributed by atoms with van der Waals surface area (Å²) in [5.74, 6) is 1.26. The summed E-state index contributed by atoms with van der Waals surface area (Å²) in [5.41, 5.74) is 7.61. The monoisotopic (exact) mass is 343 g/mol. The molecule has 0 amide bonds.